The molecule has 0 bridgehead atoms. The highest BCUT2D eigenvalue weighted by Gasteiger charge is 2.31. The Kier molecular flexibility index (Phi) is 5.03. The maximum Gasteiger partial charge on any atom is 0.240 e. The first kappa shape index (κ1) is 16.4. The number of hydrogen-bond donors (Lipinski definition) is 2. The van der Waals surface area contributed by atoms with Crippen molar-refractivity contribution in [1.29, 1.82) is 0 Å². The minimum absolute atomic E-state index is 0.159. The van der Waals surface area contributed by atoms with Crippen LogP contribution in [0, 0.1) is 0 Å². The summed E-state index contributed by atoms with van der Waals surface area (Å²) in [5.74, 6) is 0. The molecule has 21 heavy (non-hydrogen) atoms. The second-order valence-corrected chi connectivity index (χ2v) is 7.44. The van der Waals surface area contributed by atoms with Crippen LogP contribution in [0.5, 0.6) is 0 Å². The Hall–Kier alpha value is -0.950. The van der Waals surface area contributed by atoms with E-state index in [9.17, 15) is 13.5 Å². The lowest BCUT2D eigenvalue weighted by Crippen LogP contribution is -2.40. The van der Waals surface area contributed by atoms with Gasteiger partial charge in [0.25, 0.3) is 0 Å². The molecule has 0 aromatic heterocycles. The molecule has 2 N–H and O–H groups in total. The first-order valence-corrected chi connectivity index (χ1v) is 8.75. The van der Waals surface area contributed by atoms with Gasteiger partial charge in [0.05, 0.1) is 17.1 Å². The Morgan fingerprint density at radius 1 is 1.38 bits per heavy atom. The van der Waals surface area contributed by atoms with E-state index in [-0.39, 0.29) is 18.0 Å². The zero-order valence-corrected chi connectivity index (χ0v) is 13.4. The molecule has 0 radical (unpaired) electrons. The van der Waals surface area contributed by atoms with Crippen molar-refractivity contribution in [3.63, 3.8) is 0 Å². The van der Waals surface area contributed by atoms with Gasteiger partial charge >= 0.3 is 0 Å². The van der Waals surface area contributed by atoms with Gasteiger partial charge in [0, 0.05) is 13.2 Å². The second-order valence-electron chi connectivity index (χ2n) is 5.67. The van der Waals surface area contributed by atoms with Crippen LogP contribution < -0.4 is 4.72 Å². The third kappa shape index (κ3) is 3.83. The summed E-state index contributed by atoms with van der Waals surface area (Å²) in [5, 5.41) is 9.35. The molecule has 1 aliphatic rings. The van der Waals surface area contributed by atoms with Crippen molar-refractivity contribution in [3.05, 3.63) is 29.3 Å². The number of ether oxygens (including phenoxy) is 1. The average Bonchev–Trinajstić information content (AvgIpc) is 2.92. The average molecular weight is 313 g/mol. The summed E-state index contributed by atoms with van der Waals surface area (Å²) >= 11 is 0. The van der Waals surface area contributed by atoms with Crippen LogP contribution in [0.25, 0.3) is 0 Å². The standard InChI is InChI=1S/C15H23NO4S/c1-3-12-5-6-14(9-13(12)10-17)21(18,19)16-11-15(2)7-4-8-20-15/h5-6,9,16-17H,3-4,7-8,10-11H2,1-2H3. The smallest absolute Gasteiger partial charge is 0.240 e. The Balaban J connectivity index is 2.15. The molecule has 118 valence electrons. The molecule has 6 heteroatoms. The van der Waals surface area contributed by atoms with Crippen LogP contribution in [-0.4, -0.2) is 32.3 Å². The van der Waals surface area contributed by atoms with Crippen LogP contribution in [0.2, 0.25) is 0 Å². The van der Waals surface area contributed by atoms with Crippen LogP contribution in [0.4, 0.5) is 0 Å². The minimum Gasteiger partial charge on any atom is -0.392 e. The van der Waals surface area contributed by atoms with Crippen molar-refractivity contribution in [2.24, 2.45) is 0 Å². The van der Waals surface area contributed by atoms with Crippen LogP contribution in [0.15, 0.2) is 23.1 Å². The zero-order chi connectivity index (χ0) is 15.5. The van der Waals surface area contributed by atoms with Crippen molar-refractivity contribution in [1.82, 2.24) is 4.72 Å². The third-order valence-corrected chi connectivity index (χ3v) is 5.37. The normalized spacial score (nSPS) is 22.6. The molecule has 1 aliphatic heterocycles. The lowest BCUT2D eigenvalue weighted by Gasteiger charge is -2.23. The molecule has 0 saturated carbocycles. The number of sulfonamides is 1. The number of aliphatic hydroxyl groups is 1. The molecule has 2 rings (SSSR count). The fourth-order valence-electron chi connectivity index (χ4n) is 2.57. The van der Waals surface area contributed by atoms with E-state index in [0.717, 1.165) is 24.8 Å². The van der Waals surface area contributed by atoms with E-state index >= 15 is 0 Å². The predicted octanol–water partition coefficient (Wildman–Crippen LogP) is 1.59. The molecule has 0 amide bonds. The van der Waals surface area contributed by atoms with Crippen LogP contribution >= 0.6 is 0 Å². The number of rotatable bonds is 6. The van der Waals surface area contributed by atoms with Gasteiger partial charge in [-0.05, 0) is 49.4 Å². The number of benzene rings is 1. The Morgan fingerprint density at radius 3 is 2.71 bits per heavy atom. The summed E-state index contributed by atoms with van der Waals surface area (Å²) in [6.07, 6.45) is 2.57. The third-order valence-electron chi connectivity index (χ3n) is 3.98. The molecule has 1 unspecified atom stereocenters. The molecule has 0 spiro atoms. The van der Waals surface area contributed by atoms with Gasteiger partial charge in [-0.25, -0.2) is 13.1 Å². The molecule has 1 heterocycles. The highest BCUT2D eigenvalue weighted by atomic mass is 32.2. The van der Waals surface area contributed by atoms with Gasteiger partial charge in [-0.15, -0.1) is 0 Å². The van der Waals surface area contributed by atoms with Gasteiger partial charge < -0.3 is 9.84 Å². The maximum atomic E-state index is 12.4. The molecule has 1 atom stereocenters. The van der Waals surface area contributed by atoms with Gasteiger partial charge in [-0.2, -0.15) is 0 Å². The fourth-order valence-corrected chi connectivity index (χ4v) is 3.78. The number of aliphatic hydroxyl groups excluding tert-OH is 1. The number of aryl methyl sites for hydroxylation is 1. The van der Waals surface area contributed by atoms with E-state index < -0.39 is 15.6 Å². The second kappa shape index (κ2) is 6.44. The van der Waals surface area contributed by atoms with Crippen molar-refractivity contribution < 1.29 is 18.3 Å². The van der Waals surface area contributed by atoms with Crippen molar-refractivity contribution in [3.8, 4) is 0 Å². The summed E-state index contributed by atoms with van der Waals surface area (Å²) in [4.78, 5) is 0.186. The Bertz CT molecular complexity index is 592. The predicted molar refractivity (Wildman–Crippen MR) is 80.5 cm³/mol. The number of hydrogen-bond acceptors (Lipinski definition) is 4. The van der Waals surface area contributed by atoms with E-state index in [0.29, 0.717) is 12.2 Å². The largest absolute Gasteiger partial charge is 0.392 e. The van der Waals surface area contributed by atoms with Gasteiger partial charge in [-0.3, -0.25) is 0 Å². The first-order valence-electron chi connectivity index (χ1n) is 7.26. The van der Waals surface area contributed by atoms with Crippen LogP contribution in [0.1, 0.15) is 37.8 Å². The zero-order valence-electron chi connectivity index (χ0n) is 12.6. The van der Waals surface area contributed by atoms with Crippen LogP contribution in [0.3, 0.4) is 0 Å². The maximum absolute atomic E-state index is 12.4. The monoisotopic (exact) mass is 313 g/mol. The molecule has 5 nitrogen and oxygen atoms in total. The summed E-state index contributed by atoms with van der Waals surface area (Å²) in [7, 11) is -3.58. The first-order chi connectivity index (χ1) is 9.90. The van der Waals surface area contributed by atoms with E-state index in [4.69, 9.17) is 4.74 Å². The lowest BCUT2D eigenvalue weighted by molar-refractivity contribution is 0.0250. The van der Waals surface area contributed by atoms with E-state index in [2.05, 4.69) is 4.72 Å². The van der Waals surface area contributed by atoms with Gasteiger partial charge in [0.15, 0.2) is 0 Å². The van der Waals surface area contributed by atoms with Crippen molar-refractivity contribution >= 4 is 10.0 Å². The van der Waals surface area contributed by atoms with Gasteiger partial charge in [-0.1, -0.05) is 13.0 Å². The van der Waals surface area contributed by atoms with Gasteiger partial charge in [0.2, 0.25) is 10.0 Å². The summed E-state index contributed by atoms with van der Waals surface area (Å²) in [6.45, 7) is 4.67. The molecule has 0 aliphatic carbocycles. The SMILES string of the molecule is CCc1ccc(S(=O)(=O)NCC2(C)CCCO2)cc1CO. The fraction of sp³-hybridized carbons (Fsp3) is 0.600. The molecule has 1 fully saturated rings. The highest BCUT2D eigenvalue weighted by molar-refractivity contribution is 7.89. The van der Waals surface area contributed by atoms with Crippen molar-refractivity contribution in [2.45, 2.75) is 50.2 Å². The van der Waals surface area contributed by atoms with Crippen LogP contribution in [-0.2, 0) is 27.8 Å². The van der Waals surface area contributed by atoms with Crippen molar-refractivity contribution in [2.75, 3.05) is 13.2 Å². The van der Waals surface area contributed by atoms with E-state index in [1.165, 1.54) is 0 Å². The molecular weight excluding hydrogens is 290 g/mol. The quantitative estimate of drug-likeness (QED) is 0.836. The summed E-state index contributed by atoms with van der Waals surface area (Å²) < 4.78 is 32.9. The lowest BCUT2D eigenvalue weighted by atomic mass is 10.0. The molecule has 1 aromatic rings. The highest BCUT2D eigenvalue weighted by Crippen LogP contribution is 2.25. The van der Waals surface area contributed by atoms with E-state index in [1.54, 1.807) is 18.2 Å². The number of nitrogens with one attached hydrogen (secondary N) is 1. The molecule has 1 saturated heterocycles. The van der Waals surface area contributed by atoms with E-state index in [1.807, 2.05) is 13.8 Å². The minimum atomic E-state index is -3.58. The molecular formula is C15H23NO4S. The summed E-state index contributed by atoms with van der Waals surface area (Å²) in [6, 6.07) is 4.88. The summed E-state index contributed by atoms with van der Waals surface area (Å²) in [5.41, 5.74) is 1.20. The van der Waals surface area contributed by atoms with Gasteiger partial charge in [0.1, 0.15) is 0 Å². The topological polar surface area (TPSA) is 75.6 Å². The Labute approximate surface area is 126 Å². The Morgan fingerprint density at radius 2 is 2.14 bits per heavy atom. The molecule has 1 aromatic carbocycles.